The van der Waals surface area contributed by atoms with Crippen molar-refractivity contribution in [3.05, 3.63) is 85.6 Å². The molecule has 3 aromatic heterocycles. The maximum Gasteiger partial charge on any atom is 0.298 e. The van der Waals surface area contributed by atoms with E-state index in [0.29, 0.717) is 19.6 Å². The third kappa shape index (κ3) is 4.01. The number of hydrogen-bond donors (Lipinski definition) is 0. The second kappa shape index (κ2) is 8.92. The van der Waals surface area contributed by atoms with Crippen molar-refractivity contribution in [2.45, 2.75) is 0 Å². The van der Waals surface area contributed by atoms with Crippen LogP contribution < -0.4 is 9.60 Å². The van der Waals surface area contributed by atoms with Crippen molar-refractivity contribution in [3.8, 4) is 0 Å². The number of amides is 2. The van der Waals surface area contributed by atoms with E-state index in [1.807, 2.05) is 24.3 Å². The fraction of sp³-hybridized carbons (Fsp3) is 0.0870. The monoisotopic (exact) mass is 527 g/mol. The first-order valence-electron chi connectivity index (χ1n) is 9.97. The quantitative estimate of drug-likeness (QED) is 0.324. The zero-order valence-electron chi connectivity index (χ0n) is 17.8. The Bertz CT molecular complexity index is 1640. The summed E-state index contributed by atoms with van der Waals surface area (Å²) in [7, 11) is 3.58. The summed E-state index contributed by atoms with van der Waals surface area (Å²) in [4.78, 5) is 39.3. The molecule has 0 bridgehead atoms. The van der Waals surface area contributed by atoms with Gasteiger partial charge in [-0.3, -0.25) is 9.59 Å². The molecule has 0 radical (unpaired) electrons. The van der Waals surface area contributed by atoms with E-state index < -0.39 is 11.8 Å². The van der Waals surface area contributed by atoms with E-state index >= 15 is 0 Å². The smallest absolute Gasteiger partial charge is 0.298 e. The van der Waals surface area contributed by atoms with E-state index in [1.165, 1.54) is 34.8 Å². The molecule has 0 spiro atoms. The molecule has 0 unspecified atom stereocenters. The van der Waals surface area contributed by atoms with E-state index in [4.69, 9.17) is 23.2 Å². The van der Waals surface area contributed by atoms with Crippen LogP contribution in [0.2, 0.25) is 10.0 Å². The van der Waals surface area contributed by atoms with Crippen molar-refractivity contribution >= 4 is 78.1 Å². The molecule has 34 heavy (non-hydrogen) atoms. The SMILES string of the molecule is Cn1c(=NC(=O)c2cccc(C(=O)N=c3sc4cccc(Cl)c4n3C)n2)sc2cccc(Cl)c21. The number of para-hydroxylation sites is 2. The molecular weight excluding hydrogens is 513 g/mol. The fourth-order valence-corrected chi connectivity index (χ4v) is 6.29. The van der Waals surface area contributed by atoms with Gasteiger partial charge in [-0.2, -0.15) is 9.98 Å². The van der Waals surface area contributed by atoms with Crippen LogP contribution >= 0.6 is 45.9 Å². The van der Waals surface area contributed by atoms with Crippen LogP contribution in [0.5, 0.6) is 0 Å². The molecule has 0 saturated heterocycles. The van der Waals surface area contributed by atoms with Crippen LogP contribution in [0.15, 0.2) is 64.6 Å². The van der Waals surface area contributed by atoms with E-state index in [-0.39, 0.29) is 11.4 Å². The average Bonchev–Trinajstić information content (AvgIpc) is 3.31. The highest BCUT2D eigenvalue weighted by molar-refractivity contribution is 7.16. The van der Waals surface area contributed by atoms with Crippen molar-refractivity contribution in [1.82, 2.24) is 14.1 Å². The highest BCUT2D eigenvalue weighted by Crippen LogP contribution is 2.25. The van der Waals surface area contributed by atoms with Crippen LogP contribution in [-0.2, 0) is 14.1 Å². The number of nitrogens with zero attached hydrogens (tertiary/aromatic N) is 5. The number of aromatic nitrogens is 3. The number of fused-ring (bicyclic) bond motifs is 2. The molecular formula is C23H15Cl2N5O2S2. The molecule has 3 heterocycles. The van der Waals surface area contributed by atoms with Gasteiger partial charge in [0.25, 0.3) is 11.8 Å². The topological polar surface area (TPSA) is 81.6 Å². The molecule has 2 aromatic carbocycles. The lowest BCUT2D eigenvalue weighted by atomic mass is 10.3. The zero-order valence-corrected chi connectivity index (χ0v) is 21.0. The number of rotatable bonds is 2. The first-order chi connectivity index (χ1) is 16.3. The van der Waals surface area contributed by atoms with Gasteiger partial charge in [0.2, 0.25) is 0 Å². The minimum Gasteiger partial charge on any atom is -0.318 e. The average molecular weight is 528 g/mol. The van der Waals surface area contributed by atoms with Crippen molar-refractivity contribution in [2.75, 3.05) is 0 Å². The van der Waals surface area contributed by atoms with Crippen molar-refractivity contribution in [1.29, 1.82) is 0 Å². The number of carbonyl (C=O) groups is 2. The van der Waals surface area contributed by atoms with E-state index in [2.05, 4.69) is 15.0 Å². The number of thiazole rings is 2. The Kier molecular flexibility index (Phi) is 5.95. The summed E-state index contributed by atoms with van der Waals surface area (Å²) in [5.41, 5.74) is 1.70. The molecule has 0 aliphatic rings. The Morgan fingerprint density at radius 1 is 0.735 bits per heavy atom. The second-order valence-corrected chi connectivity index (χ2v) is 10.1. The summed E-state index contributed by atoms with van der Waals surface area (Å²) in [5, 5.41) is 1.15. The van der Waals surface area contributed by atoms with Crippen LogP contribution in [0.4, 0.5) is 0 Å². The lowest BCUT2D eigenvalue weighted by molar-refractivity contribution is 0.0989. The molecule has 5 rings (SSSR count). The predicted molar refractivity (Wildman–Crippen MR) is 136 cm³/mol. The molecule has 11 heteroatoms. The van der Waals surface area contributed by atoms with Gasteiger partial charge in [0.15, 0.2) is 9.60 Å². The molecule has 0 fully saturated rings. The molecule has 0 atom stereocenters. The third-order valence-electron chi connectivity index (χ3n) is 5.13. The first kappa shape index (κ1) is 22.7. The maximum atomic E-state index is 12.8. The van der Waals surface area contributed by atoms with Gasteiger partial charge in [-0.15, -0.1) is 0 Å². The normalized spacial score (nSPS) is 12.7. The first-order valence-corrected chi connectivity index (χ1v) is 12.4. The van der Waals surface area contributed by atoms with Crippen LogP contribution in [0.1, 0.15) is 21.0 Å². The summed E-state index contributed by atoms with van der Waals surface area (Å²) in [6.45, 7) is 0. The van der Waals surface area contributed by atoms with Gasteiger partial charge in [-0.1, -0.05) is 64.1 Å². The maximum absolute atomic E-state index is 12.8. The van der Waals surface area contributed by atoms with Crippen LogP contribution in [0.3, 0.4) is 0 Å². The molecule has 0 aliphatic carbocycles. The third-order valence-corrected chi connectivity index (χ3v) is 7.93. The van der Waals surface area contributed by atoms with Crippen molar-refractivity contribution < 1.29 is 9.59 Å². The summed E-state index contributed by atoms with van der Waals surface area (Å²) < 4.78 is 5.34. The number of hydrogen-bond acceptors (Lipinski definition) is 5. The number of pyridine rings is 1. The van der Waals surface area contributed by atoms with Crippen LogP contribution in [0.25, 0.3) is 20.4 Å². The fourth-order valence-electron chi connectivity index (χ4n) is 3.49. The molecule has 170 valence electrons. The predicted octanol–water partition coefficient (Wildman–Crippen LogP) is 4.98. The summed E-state index contributed by atoms with van der Waals surface area (Å²) in [5.74, 6) is -1.13. The van der Waals surface area contributed by atoms with Crippen molar-refractivity contribution in [3.63, 3.8) is 0 Å². The van der Waals surface area contributed by atoms with E-state index in [1.54, 1.807) is 41.4 Å². The van der Waals surface area contributed by atoms with Gasteiger partial charge < -0.3 is 9.13 Å². The molecule has 0 saturated carbocycles. The minimum atomic E-state index is -0.563. The number of aryl methyl sites for hydroxylation is 2. The lowest BCUT2D eigenvalue weighted by Crippen LogP contribution is -2.16. The number of benzene rings is 2. The summed E-state index contributed by atoms with van der Waals surface area (Å²) >= 11 is 15.3. The van der Waals surface area contributed by atoms with Gasteiger partial charge >= 0.3 is 0 Å². The van der Waals surface area contributed by atoms with Crippen LogP contribution in [0, 0.1) is 0 Å². The van der Waals surface area contributed by atoms with Gasteiger partial charge in [0.05, 0.1) is 30.5 Å². The van der Waals surface area contributed by atoms with Gasteiger partial charge in [0, 0.05) is 14.1 Å². The lowest BCUT2D eigenvalue weighted by Gasteiger charge is -2.00. The molecule has 2 amide bonds. The minimum absolute atomic E-state index is 0.0494. The van der Waals surface area contributed by atoms with Crippen molar-refractivity contribution in [2.24, 2.45) is 24.1 Å². The summed E-state index contributed by atoms with van der Waals surface area (Å²) in [6, 6.07) is 15.7. The standard InChI is InChI=1S/C23H15Cl2N5O2S2/c1-29-18-12(24)6-3-10-16(18)33-22(29)27-20(31)14-8-5-9-15(26-14)21(32)28-23-30(2)19-13(25)7-4-11-17(19)34-23/h3-11H,1-2H3. The highest BCUT2D eigenvalue weighted by atomic mass is 35.5. The summed E-state index contributed by atoms with van der Waals surface area (Å²) in [6.07, 6.45) is 0. The Labute approximate surface area is 210 Å². The second-order valence-electron chi connectivity index (χ2n) is 7.30. The molecule has 5 aromatic rings. The Morgan fingerprint density at radius 2 is 1.15 bits per heavy atom. The number of halogens is 2. The van der Waals surface area contributed by atoms with E-state index in [9.17, 15) is 9.59 Å². The van der Waals surface area contributed by atoms with Crippen LogP contribution in [-0.4, -0.2) is 25.9 Å². The largest absolute Gasteiger partial charge is 0.318 e. The van der Waals surface area contributed by atoms with Gasteiger partial charge in [-0.25, -0.2) is 4.98 Å². The zero-order chi connectivity index (χ0) is 24.0. The van der Waals surface area contributed by atoms with Gasteiger partial charge in [-0.05, 0) is 36.4 Å². The Hall–Kier alpha value is -3.11. The molecule has 0 aliphatic heterocycles. The highest BCUT2D eigenvalue weighted by Gasteiger charge is 2.14. The Morgan fingerprint density at radius 3 is 1.56 bits per heavy atom. The van der Waals surface area contributed by atoms with E-state index in [0.717, 1.165) is 20.4 Å². The number of carbonyl (C=O) groups excluding carboxylic acids is 2. The molecule has 0 N–H and O–H groups in total. The molecule has 7 nitrogen and oxygen atoms in total. The Balaban J connectivity index is 1.51. The van der Waals surface area contributed by atoms with Gasteiger partial charge in [0.1, 0.15) is 11.4 Å².